The molecule has 2 heterocycles. The smallest absolute Gasteiger partial charge is 0.326 e. The quantitative estimate of drug-likeness (QED) is 0.126. The van der Waals surface area contributed by atoms with E-state index in [1.165, 1.54) is 17.4 Å². The van der Waals surface area contributed by atoms with E-state index in [9.17, 15) is 29.1 Å². The zero-order valence-electron chi connectivity index (χ0n) is 20.2. The summed E-state index contributed by atoms with van der Waals surface area (Å²) in [5.74, 6) is -3.59. The summed E-state index contributed by atoms with van der Waals surface area (Å²) in [6, 6.07) is -4.13. The molecular weight excluding hydrogens is 472 g/mol. The van der Waals surface area contributed by atoms with Gasteiger partial charge in [-0.05, 0) is 45.1 Å². The number of aliphatic carboxylic acids is 1. The monoisotopic (exact) mass is 508 g/mol. The number of aromatic nitrogens is 2. The van der Waals surface area contributed by atoms with Crippen LogP contribution in [0.3, 0.4) is 0 Å². The maximum atomic E-state index is 13.4. The van der Waals surface area contributed by atoms with Gasteiger partial charge in [-0.2, -0.15) is 0 Å². The highest BCUT2D eigenvalue weighted by Gasteiger charge is 2.39. The highest BCUT2D eigenvalue weighted by molar-refractivity contribution is 5.94. The molecule has 1 fully saturated rings. The number of carboxylic acids is 1. The minimum Gasteiger partial charge on any atom is -0.480 e. The summed E-state index contributed by atoms with van der Waals surface area (Å²) < 4.78 is 0. The van der Waals surface area contributed by atoms with Crippen molar-refractivity contribution in [1.29, 1.82) is 0 Å². The molecule has 0 radical (unpaired) electrons. The SMILES string of the molecule is NCCCCC(NC(=O)C1CCCN1C(=O)C(CCC(N)=O)NC(=O)C(N)Cc1cnc[nH]1)C(=O)O. The van der Waals surface area contributed by atoms with E-state index in [0.29, 0.717) is 37.9 Å². The van der Waals surface area contributed by atoms with E-state index >= 15 is 0 Å². The number of hydrogen-bond donors (Lipinski definition) is 7. The van der Waals surface area contributed by atoms with Crippen LogP contribution in [0.15, 0.2) is 12.5 Å². The molecule has 4 amide bonds. The maximum Gasteiger partial charge on any atom is 0.326 e. The van der Waals surface area contributed by atoms with Gasteiger partial charge in [0.2, 0.25) is 23.6 Å². The average Bonchev–Trinajstić information content (AvgIpc) is 3.52. The van der Waals surface area contributed by atoms with Gasteiger partial charge in [0.1, 0.15) is 18.1 Å². The standard InChI is InChI=1S/C22H36N8O6/c23-8-2-1-4-16(22(35)36)29-20(33)17-5-3-9-30(17)21(34)15(6-7-18(25)31)28-19(32)14(24)10-13-11-26-12-27-13/h11-12,14-17H,1-10,23-24H2,(H2,25,31)(H,26,27)(H,28,32)(H,29,33)(H,35,36). The lowest BCUT2D eigenvalue weighted by Gasteiger charge is -2.30. The minimum atomic E-state index is -1.17. The van der Waals surface area contributed by atoms with Gasteiger partial charge in [-0.3, -0.25) is 19.2 Å². The van der Waals surface area contributed by atoms with Crippen molar-refractivity contribution in [3.8, 4) is 0 Å². The van der Waals surface area contributed by atoms with Crippen LogP contribution in [0.1, 0.15) is 50.6 Å². The summed E-state index contributed by atoms with van der Waals surface area (Å²) in [6.45, 7) is 0.653. The third-order valence-corrected chi connectivity index (χ3v) is 6.03. The van der Waals surface area contributed by atoms with E-state index in [1.807, 2.05) is 0 Å². The summed E-state index contributed by atoms with van der Waals surface area (Å²) >= 11 is 0. The van der Waals surface area contributed by atoms with Gasteiger partial charge < -0.3 is 42.8 Å². The van der Waals surface area contributed by atoms with Crippen molar-refractivity contribution in [1.82, 2.24) is 25.5 Å². The molecule has 14 heteroatoms. The molecule has 200 valence electrons. The molecule has 10 N–H and O–H groups in total. The first-order valence-electron chi connectivity index (χ1n) is 12.0. The fourth-order valence-corrected chi connectivity index (χ4v) is 4.07. The second-order valence-electron chi connectivity index (χ2n) is 8.83. The predicted octanol–water partition coefficient (Wildman–Crippen LogP) is -2.28. The molecule has 1 aliphatic heterocycles. The van der Waals surface area contributed by atoms with E-state index in [0.717, 1.165) is 0 Å². The van der Waals surface area contributed by atoms with E-state index in [1.54, 1.807) is 0 Å². The van der Waals surface area contributed by atoms with Gasteiger partial charge >= 0.3 is 5.97 Å². The van der Waals surface area contributed by atoms with Gasteiger partial charge in [0.25, 0.3) is 0 Å². The van der Waals surface area contributed by atoms with Crippen molar-refractivity contribution in [2.45, 2.75) is 75.5 Å². The number of nitrogens with zero attached hydrogens (tertiary/aromatic N) is 2. The number of hydrogen-bond acceptors (Lipinski definition) is 8. The molecule has 2 rings (SSSR count). The number of aromatic amines is 1. The van der Waals surface area contributed by atoms with Crippen LogP contribution in [0.25, 0.3) is 0 Å². The predicted molar refractivity (Wildman–Crippen MR) is 128 cm³/mol. The highest BCUT2D eigenvalue weighted by Crippen LogP contribution is 2.20. The summed E-state index contributed by atoms with van der Waals surface area (Å²) in [4.78, 5) is 69.9. The highest BCUT2D eigenvalue weighted by atomic mass is 16.4. The van der Waals surface area contributed by atoms with Crippen LogP contribution in [-0.2, 0) is 30.4 Å². The Morgan fingerprint density at radius 3 is 2.53 bits per heavy atom. The number of unbranched alkanes of at least 4 members (excludes halogenated alkanes) is 1. The second kappa shape index (κ2) is 14.1. The topological polar surface area (TPSA) is 240 Å². The van der Waals surface area contributed by atoms with Crippen LogP contribution in [0.2, 0.25) is 0 Å². The van der Waals surface area contributed by atoms with Crippen molar-refractivity contribution in [2.24, 2.45) is 17.2 Å². The van der Waals surface area contributed by atoms with Gasteiger partial charge in [0.15, 0.2) is 0 Å². The number of amides is 4. The first-order chi connectivity index (χ1) is 17.1. The lowest BCUT2D eigenvalue weighted by molar-refractivity contribution is -0.145. The second-order valence-corrected chi connectivity index (χ2v) is 8.83. The zero-order chi connectivity index (χ0) is 26.7. The van der Waals surface area contributed by atoms with E-state index in [-0.39, 0.29) is 32.2 Å². The third kappa shape index (κ3) is 8.61. The van der Waals surface area contributed by atoms with Crippen molar-refractivity contribution in [3.05, 3.63) is 18.2 Å². The molecule has 14 nitrogen and oxygen atoms in total. The molecule has 1 saturated heterocycles. The number of carbonyl (C=O) groups excluding carboxylic acids is 4. The fraction of sp³-hybridized carbons (Fsp3) is 0.636. The van der Waals surface area contributed by atoms with Gasteiger partial charge in [-0.25, -0.2) is 9.78 Å². The molecule has 0 bridgehead atoms. The van der Waals surface area contributed by atoms with E-state index < -0.39 is 53.8 Å². The molecule has 36 heavy (non-hydrogen) atoms. The first-order valence-corrected chi connectivity index (χ1v) is 12.0. The fourth-order valence-electron chi connectivity index (χ4n) is 4.07. The van der Waals surface area contributed by atoms with Crippen molar-refractivity contribution >= 4 is 29.6 Å². The number of primary amides is 1. The van der Waals surface area contributed by atoms with Gasteiger partial charge in [-0.15, -0.1) is 0 Å². The normalized spacial score (nSPS) is 17.7. The number of rotatable bonds is 15. The first kappa shape index (κ1) is 28.7. The number of nitrogens with one attached hydrogen (secondary N) is 3. The molecule has 0 aliphatic carbocycles. The number of likely N-dealkylation sites (tertiary alicyclic amines) is 1. The zero-order valence-corrected chi connectivity index (χ0v) is 20.2. The lowest BCUT2D eigenvalue weighted by atomic mass is 10.1. The number of H-pyrrole nitrogens is 1. The Morgan fingerprint density at radius 1 is 1.17 bits per heavy atom. The van der Waals surface area contributed by atoms with Crippen LogP contribution < -0.4 is 27.8 Å². The van der Waals surface area contributed by atoms with Crippen molar-refractivity contribution in [3.63, 3.8) is 0 Å². The Balaban J connectivity index is 2.08. The maximum absolute atomic E-state index is 13.4. The van der Waals surface area contributed by atoms with E-state index in [2.05, 4.69) is 20.6 Å². The Bertz CT molecular complexity index is 908. The molecule has 4 unspecified atom stereocenters. The Labute approximate surface area is 208 Å². The largest absolute Gasteiger partial charge is 0.480 e. The van der Waals surface area contributed by atoms with Gasteiger partial charge in [-0.1, -0.05) is 0 Å². The molecule has 0 saturated carbocycles. The number of carbonyl (C=O) groups is 5. The molecule has 4 atom stereocenters. The van der Waals surface area contributed by atoms with Crippen molar-refractivity contribution < 1.29 is 29.1 Å². The van der Waals surface area contributed by atoms with Crippen LogP contribution in [0.4, 0.5) is 0 Å². The van der Waals surface area contributed by atoms with Gasteiger partial charge in [0.05, 0.1) is 12.4 Å². The minimum absolute atomic E-state index is 0.0711. The van der Waals surface area contributed by atoms with Crippen LogP contribution in [-0.4, -0.2) is 86.8 Å². The summed E-state index contributed by atoms with van der Waals surface area (Å²) in [7, 11) is 0. The molecule has 1 aromatic heterocycles. The van der Waals surface area contributed by atoms with E-state index in [4.69, 9.17) is 17.2 Å². The molecule has 1 aliphatic rings. The van der Waals surface area contributed by atoms with Crippen LogP contribution in [0, 0.1) is 0 Å². The molecular formula is C22H36N8O6. The average molecular weight is 509 g/mol. The Hall–Kier alpha value is -3.52. The summed E-state index contributed by atoms with van der Waals surface area (Å²) in [5, 5.41) is 14.5. The number of carboxylic acid groups (broad SMARTS) is 1. The Morgan fingerprint density at radius 2 is 1.92 bits per heavy atom. The number of imidazole rings is 1. The molecule has 0 spiro atoms. The Kier molecular flexibility index (Phi) is 11.3. The summed E-state index contributed by atoms with van der Waals surface area (Å²) in [5.41, 5.74) is 17.3. The summed E-state index contributed by atoms with van der Waals surface area (Å²) in [6.07, 6.45) is 5.10. The van der Waals surface area contributed by atoms with Crippen LogP contribution in [0.5, 0.6) is 0 Å². The van der Waals surface area contributed by atoms with Crippen LogP contribution >= 0.6 is 0 Å². The van der Waals surface area contributed by atoms with Crippen molar-refractivity contribution in [2.75, 3.05) is 13.1 Å². The van der Waals surface area contributed by atoms with Gasteiger partial charge in [0, 0.05) is 31.3 Å². The molecule has 1 aromatic rings. The number of nitrogens with two attached hydrogens (primary N) is 3. The molecule has 0 aromatic carbocycles. The third-order valence-electron chi connectivity index (χ3n) is 6.03. The lowest BCUT2D eigenvalue weighted by Crippen LogP contribution is -2.57.